The van der Waals surface area contributed by atoms with Crippen molar-refractivity contribution in [3.63, 3.8) is 0 Å². The third kappa shape index (κ3) is 3.29. The Kier molecular flexibility index (Phi) is 4.49. The molecule has 2 aromatic rings. The number of amides is 1. The molecule has 2 aliphatic rings. The molecule has 8 heteroatoms. The van der Waals surface area contributed by atoms with Gasteiger partial charge in [-0.15, -0.1) is 11.3 Å². The van der Waals surface area contributed by atoms with Gasteiger partial charge in [0.1, 0.15) is 10.8 Å². The minimum Gasteiger partial charge on any atom is -0.364 e. The third-order valence-electron chi connectivity index (χ3n) is 4.74. The number of halogens is 1. The van der Waals surface area contributed by atoms with Gasteiger partial charge in [-0.3, -0.25) is 9.69 Å². The van der Waals surface area contributed by atoms with Crippen LogP contribution in [0.25, 0.3) is 0 Å². The Morgan fingerprint density at radius 1 is 1.52 bits per heavy atom. The van der Waals surface area contributed by atoms with Gasteiger partial charge >= 0.3 is 0 Å². The number of anilines is 1. The van der Waals surface area contributed by atoms with Gasteiger partial charge in [0, 0.05) is 42.8 Å². The van der Waals surface area contributed by atoms with E-state index in [1.54, 1.807) is 6.20 Å². The Bertz CT molecular complexity index is 812. The molecule has 0 saturated carbocycles. The fourth-order valence-electron chi connectivity index (χ4n) is 3.71. The van der Waals surface area contributed by atoms with Crippen molar-refractivity contribution in [3.05, 3.63) is 39.6 Å². The van der Waals surface area contributed by atoms with Crippen LogP contribution in [0.5, 0.6) is 0 Å². The number of piperidine rings is 1. The average Bonchev–Trinajstić information content (AvgIpc) is 3.14. The first-order chi connectivity index (χ1) is 12.1. The summed E-state index contributed by atoms with van der Waals surface area (Å²) in [5, 5.41) is 3.93. The number of pyridine rings is 1. The van der Waals surface area contributed by atoms with Crippen LogP contribution in [-0.4, -0.2) is 33.9 Å². The van der Waals surface area contributed by atoms with Gasteiger partial charge in [-0.1, -0.05) is 11.6 Å². The van der Waals surface area contributed by atoms with Crippen LogP contribution in [-0.2, 0) is 28.3 Å². The molecule has 1 amide bonds. The lowest BCUT2D eigenvalue weighted by molar-refractivity contribution is -0.114. The molecule has 1 atom stereocenters. The Hall–Kier alpha value is -1.54. The molecule has 6 nitrogen and oxygen atoms in total. The molecule has 0 aliphatic carbocycles. The second kappa shape index (κ2) is 6.64. The number of nitrogens with zero attached hydrogens (tertiary/aromatic N) is 3. The number of ether oxygens (including phenoxy) is 1. The summed E-state index contributed by atoms with van der Waals surface area (Å²) >= 11 is 7.75. The topological polar surface area (TPSA) is 67.4 Å². The van der Waals surface area contributed by atoms with E-state index in [9.17, 15) is 4.79 Å². The molecule has 0 bridgehead atoms. The summed E-state index contributed by atoms with van der Waals surface area (Å²) in [6.07, 6.45) is 5.66. The van der Waals surface area contributed by atoms with Crippen molar-refractivity contribution in [2.45, 2.75) is 38.5 Å². The molecule has 1 N–H and O–H groups in total. The van der Waals surface area contributed by atoms with Crippen molar-refractivity contribution in [2.75, 3.05) is 18.4 Å². The molecule has 25 heavy (non-hydrogen) atoms. The van der Waals surface area contributed by atoms with E-state index in [0.717, 1.165) is 42.9 Å². The quantitative estimate of drug-likeness (QED) is 0.831. The number of fused-ring (bicyclic) bond motifs is 2. The van der Waals surface area contributed by atoms with E-state index in [4.69, 9.17) is 16.3 Å². The van der Waals surface area contributed by atoms with Gasteiger partial charge in [-0.05, 0) is 31.0 Å². The zero-order valence-electron chi connectivity index (χ0n) is 13.9. The van der Waals surface area contributed by atoms with Crippen LogP contribution >= 0.6 is 22.9 Å². The van der Waals surface area contributed by atoms with E-state index in [2.05, 4.69) is 20.2 Å². The SMILES string of the molecule is CC(=O)Nc1ncc(CN2CCCC3(C2)OCc2c3ccnc2Cl)s1. The van der Waals surface area contributed by atoms with Gasteiger partial charge in [0.05, 0.1) is 6.61 Å². The standard InChI is InChI=1S/C17H19ClN4O2S/c1-11(23)21-16-20-7-12(25-16)8-22-6-2-4-17(10-22)14-3-5-19-15(18)13(14)9-24-17/h3,5,7H,2,4,6,8-10H2,1H3,(H,20,21,23). The maximum Gasteiger partial charge on any atom is 0.223 e. The van der Waals surface area contributed by atoms with Crippen LogP contribution in [0.1, 0.15) is 35.8 Å². The van der Waals surface area contributed by atoms with Crippen LogP contribution in [0.3, 0.4) is 0 Å². The summed E-state index contributed by atoms with van der Waals surface area (Å²) < 4.78 is 6.22. The fraction of sp³-hybridized carbons (Fsp3) is 0.471. The third-order valence-corrected chi connectivity index (χ3v) is 5.96. The van der Waals surface area contributed by atoms with Gasteiger partial charge in [0.2, 0.25) is 5.91 Å². The lowest BCUT2D eigenvalue weighted by Crippen LogP contribution is -2.45. The highest BCUT2D eigenvalue weighted by Gasteiger charge is 2.44. The van der Waals surface area contributed by atoms with Crippen molar-refractivity contribution in [3.8, 4) is 0 Å². The number of carbonyl (C=O) groups excluding carboxylic acids is 1. The van der Waals surface area contributed by atoms with Gasteiger partial charge in [-0.25, -0.2) is 9.97 Å². The summed E-state index contributed by atoms with van der Waals surface area (Å²) in [4.78, 5) is 23.1. The van der Waals surface area contributed by atoms with Gasteiger partial charge in [0.25, 0.3) is 0 Å². The van der Waals surface area contributed by atoms with E-state index in [0.29, 0.717) is 16.9 Å². The summed E-state index contributed by atoms with van der Waals surface area (Å²) in [5.74, 6) is -0.0979. The largest absolute Gasteiger partial charge is 0.364 e. The van der Waals surface area contributed by atoms with Crippen LogP contribution in [0.2, 0.25) is 5.15 Å². The van der Waals surface area contributed by atoms with Crippen molar-refractivity contribution >= 4 is 34.0 Å². The first kappa shape index (κ1) is 16.9. The molecular formula is C17H19ClN4O2S. The summed E-state index contributed by atoms with van der Waals surface area (Å²) in [6.45, 7) is 4.67. The van der Waals surface area contributed by atoms with E-state index in [-0.39, 0.29) is 11.5 Å². The molecule has 2 aliphatic heterocycles. The Balaban J connectivity index is 1.50. The average molecular weight is 379 g/mol. The fourth-order valence-corrected chi connectivity index (χ4v) is 4.82. The van der Waals surface area contributed by atoms with Crippen LogP contribution < -0.4 is 5.32 Å². The van der Waals surface area contributed by atoms with Gasteiger partial charge in [0.15, 0.2) is 5.13 Å². The smallest absolute Gasteiger partial charge is 0.223 e. The number of aromatic nitrogens is 2. The van der Waals surface area contributed by atoms with Crippen molar-refractivity contribution in [1.82, 2.24) is 14.9 Å². The molecule has 1 unspecified atom stereocenters. The maximum absolute atomic E-state index is 11.1. The highest BCUT2D eigenvalue weighted by Crippen LogP contribution is 2.44. The molecule has 1 spiro atoms. The predicted octanol–water partition coefficient (Wildman–Crippen LogP) is 3.17. The zero-order chi connectivity index (χ0) is 17.4. The highest BCUT2D eigenvalue weighted by molar-refractivity contribution is 7.15. The second-order valence-corrected chi connectivity index (χ2v) is 8.01. The molecule has 1 saturated heterocycles. The number of hydrogen-bond donors (Lipinski definition) is 1. The van der Waals surface area contributed by atoms with Crippen LogP contribution in [0.15, 0.2) is 18.5 Å². The lowest BCUT2D eigenvalue weighted by atomic mass is 9.85. The molecule has 0 aromatic carbocycles. The normalized spacial score (nSPS) is 23.0. The molecule has 4 rings (SSSR count). The minimum atomic E-state index is -0.286. The lowest BCUT2D eigenvalue weighted by Gasteiger charge is -2.40. The highest BCUT2D eigenvalue weighted by atomic mass is 35.5. The summed E-state index contributed by atoms with van der Waals surface area (Å²) in [6, 6.07) is 2.04. The number of nitrogens with one attached hydrogen (secondary N) is 1. The number of thiazole rings is 1. The predicted molar refractivity (Wildman–Crippen MR) is 96.6 cm³/mol. The van der Waals surface area contributed by atoms with E-state index in [1.807, 2.05) is 12.3 Å². The Morgan fingerprint density at radius 3 is 3.24 bits per heavy atom. The Morgan fingerprint density at radius 2 is 2.40 bits per heavy atom. The van der Waals surface area contributed by atoms with Gasteiger partial charge < -0.3 is 10.1 Å². The van der Waals surface area contributed by atoms with Crippen LogP contribution in [0, 0.1) is 0 Å². The minimum absolute atomic E-state index is 0.0979. The number of rotatable bonds is 3. The monoisotopic (exact) mass is 378 g/mol. The number of likely N-dealkylation sites (tertiary alicyclic amines) is 1. The molecule has 2 aromatic heterocycles. The summed E-state index contributed by atoms with van der Waals surface area (Å²) in [7, 11) is 0. The first-order valence-corrected chi connectivity index (χ1v) is 9.48. The second-order valence-electron chi connectivity index (χ2n) is 6.54. The van der Waals surface area contributed by atoms with E-state index in [1.165, 1.54) is 23.8 Å². The molecule has 0 radical (unpaired) electrons. The number of hydrogen-bond acceptors (Lipinski definition) is 6. The van der Waals surface area contributed by atoms with Gasteiger partial charge in [-0.2, -0.15) is 0 Å². The van der Waals surface area contributed by atoms with E-state index < -0.39 is 0 Å². The molecular weight excluding hydrogens is 360 g/mol. The molecule has 4 heterocycles. The number of carbonyl (C=O) groups is 1. The first-order valence-electron chi connectivity index (χ1n) is 8.28. The Labute approximate surface area is 155 Å². The zero-order valence-corrected chi connectivity index (χ0v) is 15.5. The van der Waals surface area contributed by atoms with Crippen molar-refractivity contribution in [2.24, 2.45) is 0 Å². The maximum atomic E-state index is 11.1. The molecule has 1 fully saturated rings. The van der Waals surface area contributed by atoms with E-state index >= 15 is 0 Å². The van der Waals surface area contributed by atoms with Crippen LogP contribution in [0.4, 0.5) is 5.13 Å². The van der Waals surface area contributed by atoms with Crippen molar-refractivity contribution in [1.29, 1.82) is 0 Å². The summed E-state index contributed by atoms with van der Waals surface area (Å²) in [5.41, 5.74) is 1.92. The van der Waals surface area contributed by atoms with Crippen molar-refractivity contribution < 1.29 is 9.53 Å². The molecule has 132 valence electrons.